The van der Waals surface area contributed by atoms with E-state index in [-0.39, 0.29) is 18.2 Å². The Hall–Kier alpha value is -3.70. The van der Waals surface area contributed by atoms with Crippen LogP contribution < -0.4 is 15.0 Å². The molecule has 3 aromatic heterocycles. The van der Waals surface area contributed by atoms with Gasteiger partial charge in [0.15, 0.2) is 16.7 Å². The molecule has 11 heteroatoms. The molecule has 0 unspecified atom stereocenters. The van der Waals surface area contributed by atoms with Crippen molar-refractivity contribution in [1.29, 1.82) is 0 Å². The SMILES string of the molecule is O=c1c2sccc2nc(SCc2nc(-c3ccc4c(c3)OCO4)no2)n1-c1ccc(F)cc1. The first kappa shape index (κ1) is 19.9. The van der Waals surface area contributed by atoms with Crippen LogP contribution in [0.15, 0.2) is 68.4 Å². The molecule has 0 radical (unpaired) electrons. The first-order valence-corrected chi connectivity index (χ1v) is 11.6. The van der Waals surface area contributed by atoms with Gasteiger partial charge in [0.25, 0.3) is 5.56 Å². The van der Waals surface area contributed by atoms with E-state index in [1.54, 1.807) is 30.3 Å². The monoisotopic (exact) mass is 480 g/mol. The lowest BCUT2D eigenvalue weighted by Gasteiger charge is -2.11. The van der Waals surface area contributed by atoms with Gasteiger partial charge in [0.2, 0.25) is 18.5 Å². The second-order valence-corrected chi connectivity index (χ2v) is 8.87. The summed E-state index contributed by atoms with van der Waals surface area (Å²) in [4.78, 5) is 22.2. The lowest BCUT2D eigenvalue weighted by molar-refractivity contribution is 0.174. The fourth-order valence-corrected chi connectivity index (χ4v) is 5.01. The van der Waals surface area contributed by atoms with Gasteiger partial charge in [-0.3, -0.25) is 9.36 Å². The molecule has 164 valence electrons. The van der Waals surface area contributed by atoms with Crippen molar-refractivity contribution in [1.82, 2.24) is 19.7 Å². The van der Waals surface area contributed by atoms with E-state index in [0.29, 0.717) is 50.0 Å². The minimum atomic E-state index is -0.381. The first-order chi connectivity index (χ1) is 16.2. The Morgan fingerprint density at radius 3 is 2.79 bits per heavy atom. The third-order valence-electron chi connectivity index (χ3n) is 4.96. The summed E-state index contributed by atoms with van der Waals surface area (Å²) < 4.78 is 31.6. The number of thiophene rings is 1. The Morgan fingerprint density at radius 1 is 1.06 bits per heavy atom. The molecule has 8 nitrogen and oxygen atoms in total. The van der Waals surface area contributed by atoms with Crippen molar-refractivity contribution in [3.05, 3.63) is 76.0 Å². The summed E-state index contributed by atoms with van der Waals surface area (Å²) in [5.41, 5.74) is 1.66. The summed E-state index contributed by atoms with van der Waals surface area (Å²) in [6.07, 6.45) is 0. The summed E-state index contributed by atoms with van der Waals surface area (Å²) in [5, 5.41) is 6.31. The number of halogens is 1. The van der Waals surface area contributed by atoms with Crippen molar-refractivity contribution in [3.8, 4) is 28.6 Å². The van der Waals surface area contributed by atoms with Crippen molar-refractivity contribution in [2.24, 2.45) is 0 Å². The normalized spacial score (nSPS) is 12.5. The van der Waals surface area contributed by atoms with E-state index in [2.05, 4.69) is 15.1 Å². The molecule has 6 rings (SSSR count). The van der Waals surface area contributed by atoms with E-state index in [1.165, 1.54) is 39.8 Å². The van der Waals surface area contributed by atoms with Crippen molar-refractivity contribution < 1.29 is 18.4 Å². The number of nitrogens with zero attached hydrogens (tertiary/aromatic N) is 4. The minimum Gasteiger partial charge on any atom is -0.454 e. The Balaban J connectivity index is 1.31. The topological polar surface area (TPSA) is 92.3 Å². The molecular formula is C22H13FN4O4S2. The standard InChI is InChI=1S/C22H13FN4O4S2/c23-13-2-4-14(5-3-13)27-21(28)19-15(7-8-32-19)24-22(27)33-10-18-25-20(26-31-18)12-1-6-16-17(9-12)30-11-29-16/h1-9H,10-11H2. The van der Waals surface area contributed by atoms with E-state index in [1.807, 2.05) is 11.4 Å². The van der Waals surface area contributed by atoms with Crippen molar-refractivity contribution >= 4 is 33.3 Å². The fraction of sp³-hybridized carbons (Fsp3) is 0.0909. The fourth-order valence-electron chi connectivity index (χ4n) is 3.40. The number of fused-ring (bicyclic) bond motifs is 2. The van der Waals surface area contributed by atoms with E-state index >= 15 is 0 Å². The molecule has 33 heavy (non-hydrogen) atoms. The predicted octanol–water partition coefficient (Wildman–Crippen LogP) is 4.66. The van der Waals surface area contributed by atoms with Crippen LogP contribution in [0.1, 0.15) is 5.89 Å². The average Bonchev–Trinajstić information content (AvgIpc) is 3.58. The molecular weight excluding hydrogens is 467 g/mol. The number of hydrogen-bond donors (Lipinski definition) is 0. The highest BCUT2D eigenvalue weighted by atomic mass is 32.2. The van der Waals surface area contributed by atoms with Gasteiger partial charge in [0.05, 0.1) is 17.0 Å². The van der Waals surface area contributed by atoms with Crippen LogP contribution in [0.5, 0.6) is 11.5 Å². The third kappa shape index (κ3) is 3.64. The molecule has 0 saturated carbocycles. The molecule has 0 atom stereocenters. The van der Waals surface area contributed by atoms with E-state index in [4.69, 9.17) is 14.0 Å². The number of aromatic nitrogens is 4. The lowest BCUT2D eigenvalue weighted by atomic mass is 10.2. The van der Waals surface area contributed by atoms with Gasteiger partial charge < -0.3 is 14.0 Å². The Kier molecular flexibility index (Phi) is 4.84. The molecule has 0 bridgehead atoms. The molecule has 2 aromatic carbocycles. The third-order valence-corrected chi connectivity index (χ3v) is 6.77. The van der Waals surface area contributed by atoms with Crippen molar-refractivity contribution in [2.75, 3.05) is 6.79 Å². The molecule has 1 aliphatic rings. The summed E-state index contributed by atoms with van der Waals surface area (Å²) in [6.45, 7) is 0.185. The summed E-state index contributed by atoms with van der Waals surface area (Å²) in [6, 6.07) is 12.9. The smallest absolute Gasteiger partial charge is 0.276 e. The quantitative estimate of drug-likeness (QED) is 0.265. The highest BCUT2D eigenvalue weighted by molar-refractivity contribution is 7.98. The van der Waals surface area contributed by atoms with Gasteiger partial charge >= 0.3 is 0 Å². The zero-order valence-electron chi connectivity index (χ0n) is 16.7. The van der Waals surface area contributed by atoms with Crippen molar-refractivity contribution in [3.63, 3.8) is 0 Å². The predicted molar refractivity (Wildman–Crippen MR) is 121 cm³/mol. The first-order valence-electron chi connectivity index (χ1n) is 9.77. The Morgan fingerprint density at radius 2 is 1.91 bits per heavy atom. The molecule has 0 N–H and O–H groups in total. The maximum absolute atomic E-state index is 13.4. The Bertz CT molecular complexity index is 1540. The number of thioether (sulfide) groups is 1. The van der Waals surface area contributed by atoms with E-state index in [0.717, 1.165) is 5.56 Å². The van der Waals surface area contributed by atoms with Crippen molar-refractivity contribution in [2.45, 2.75) is 10.9 Å². The molecule has 5 aromatic rings. The maximum atomic E-state index is 13.4. The van der Waals surface area contributed by atoms with Crippen LogP contribution in [-0.2, 0) is 5.75 Å². The zero-order chi connectivity index (χ0) is 22.4. The highest BCUT2D eigenvalue weighted by Crippen LogP contribution is 2.35. The van der Waals surface area contributed by atoms with E-state index in [9.17, 15) is 9.18 Å². The average molecular weight is 481 g/mol. The summed E-state index contributed by atoms with van der Waals surface area (Å²) in [5.74, 6) is 2.00. The molecule has 0 fully saturated rings. The van der Waals surface area contributed by atoms with Crippen LogP contribution in [0.2, 0.25) is 0 Å². The summed E-state index contributed by atoms with van der Waals surface area (Å²) in [7, 11) is 0. The van der Waals surface area contributed by atoms with Crippen LogP contribution >= 0.6 is 23.1 Å². The Labute approximate surface area is 193 Å². The van der Waals surface area contributed by atoms with Gasteiger partial charge in [-0.15, -0.1) is 11.3 Å². The van der Waals surface area contributed by atoms with Gasteiger partial charge in [0.1, 0.15) is 10.5 Å². The van der Waals surface area contributed by atoms with Gasteiger partial charge in [-0.1, -0.05) is 16.9 Å². The number of benzene rings is 2. The van der Waals surface area contributed by atoms with E-state index < -0.39 is 0 Å². The largest absolute Gasteiger partial charge is 0.454 e. The number of ether oxygens (including phenoxy) is 2. The molecule has 0 spiro atoms. The van der Waals surface area contributed by atoms with Gasteiger partial charge in [0, 0.05) is 5.56 Å². The molecule has 0 amide bonds. The second kappa shape index (κ2) is 8.01. The van der Waals surface area contributed by atoms with Crippen LogP contribution in [0.4, 0.5) is 4.39 Å². The van der Waals surface area contributed by atoms with Crippen LogP contribution in [0, 0.1) is 5.82 Å². The number of rotatable bonds is 5. The maximum Gasteiger partial charge on any atom is 0.276 e. The highest BCUT2D eigenvalue weighted by Gasteiger charge is 2.18. The summed E-state index contributed by atoms with van der Waals surface area (Å²) >= 11 is 2.60. The number of hydrogen-bond acceptors (Lipinski definition) is 9. The minimum absolute atomic E-state index is 0.185. The molecule has 1 aliphatic heterocycles. The van der Waals surface area contributed by atoms with Crippen LogP contribution in [-0.4, -0.2) is 26.5 Å². The van der Waals surface area contributed by atoms with Gasteiger partial charge in [-0.25, -0.2) is 9.37 Å². The zero-order valence-corrected chi connectivity index (χ0v) is 18.4. The lowest BCUT2D eigenvalue weighted by Crippen LogP contribution is -2.20. The molecule has 0 aliphatic carbocycles. The second-order valence-electron chi connectivity index (χ2n) is 7.01. The molecule has 4 heterocycles. The van der Waals surface area contributed by atoms with Gasteiger partial charge in [-0.05, 0) is 53.9 Å². The van der Waals surface area contributed by atoms with Crippen LogP contribution in [0.25, 0.3) is 27.3 Å². The van der Waals surface area contributed by atoms with Gasteiger partial charge in [-0.2, -0.15) is 4.98 Å². The molecule has 0 saturated heterocycles. The van der Waals surface area contributed by atoms with Crippen LogP contribution in [0.3, 0.4) is 0 Å².